The molecule has 0 aliphatic rings. The van der Waals surface area contributed by atoms with Crippen molar-refractivity contribution in [2.75, 3.05) is 10.6 Å². The predicted molar refractivity (Wildman–Crippen MR) is 102 cm³/mol. The Labute approximate surface area is 170 Å². The molecule has 0 radical (unpaired) electrons. The Morgan fingerprint density at radius 3 is 2.70 bits per heavy atom. The standard InChI is InChI=1S/C17H11F3N8OS/c1-8-2-3-9(14(29)26-16-28-27-15(30-16)17(18,19)20)4-10(8)25-13-12-11(22-7-24-13)5-21-6-23-12/h2-7H,1H3,(H,22,24,25)(H,26,28,29). The molecule has 30 heavy (non-hydrogen) atoms. The van der Waals surface area contributed by atoms with Crippen LogP contribution in [0.15, 0.2) is 37.1 Å². The van der Waals surface area contributed by atoms with Crippen molar-refractivity contribution < 1.29 is 18.0 Å². The first-order valence-corrected chi connectivity index (χ1v) is 9.13. The first kappa shape index (κ1) is 19.6. The maximum absolute atomic E-state index is 12.6. The third kappa shape index (κ3) is 4.00. The van der Waals surface area contributed by atoms with Gasteiger partial charge < -0.3 is 5.32 Å². The first-order valence-electron chi connectivity index (χ1n) is 8.32. The normalized spacial score (nSPS) is 11.5. The average molecular weight is 432 g/mol. The van der Waals surface area contributed by atoms with E-state index in [9.17, 15) is 18.0 Å². The Morgan fingerprint density at radius 1 is 1.10 bits per heavy atom. The lowest BCUT2D eigenvalue weighted by Gasteiger charge is -2.11. The average Bonchev–Trinajstić information content (AvgIpc) is 3.19. The van der Waals surface area contributed by atoms with Gasteiger partial charge in [0.15, 0.2) is 5.82 Å². The SMILES string of the molecule is Cc1ccc(C(=O)Nc2nnc(C(F)(F)F)s2)cc1Nc1ncnc2cncnc12. The van der Waals surface area contributed by atoms with E-state index in [2.05, 4.69) is 40.8 Å². The number of fused-ring (bicyclic) bond motifs is 1. The molecule has 0 spiro atoms. The van der Waals surface area contributed by atoms with Crippen molar-refractivity contribution in [2.24, 2.45) is 0 Å². The minimum Gasteiger partial charge on any atom is -0.338 e. The van der Waals surface area contributed by atoms with Crippen LogP contribution >= 0.6 is 11.3 Å². The van der Waals surface area contributed by atoms with Crippen LogP contribution < -0.4 is 10.6 Å². The molecule has 0 bridgehead atoms. The number of nitrogens with one attached hydrogen (secondary N) is 2. The van der Waals surface area contributed by atoms with Crippen molar-refractivity contribution in [3.8, 4) is 0 Å². The third-order valence-electron chi connectivity index (χ3n) is 3.94. The number of aromatic nitrogens is 6. The molecule has 4 rings (SSSR count). The van der Waals surface area contributed by atoms with E-state index >= 15 is 0 Å². The van der Waals surface area contributed by atoms with Gasteiger partial charge in [0.05, 0.1) is 6.20 Å². The summed E-state index contributed by atoms with van der Waals surface area (Å²) in [5.74, 6) is -0.209. The monoisotopic (exact) mass is 432 g/mol. The van der Waals surface area contributed by atoms with Crippen molar-refractivity contribution in [3.63, 3.8) is 0 Å². The molecule has 0 fully saturated rings. The van der Waals surface area contributed by atoms with E-state index in [1.54, 1.807) is 24.4 Å². The van der Waals surface area contributed by atoms with Gasteiger partial charge in [-0.2, -0.15) is 13.2 Å². The van der Waals surface area contributed by atoms with E-state index < -0.39 is 17.1 Å². The quantitative estimate of drug-likeness (QED) is 0.502. The fourth-order valence-electron chi connectivity index (χ4n) is 2.48. The van der Waals surface area contributed by atoms with Crippen LogP contribution in [0.4, 0.5) is 29.8 Å². The van der Waals surface area contributed by atoms with E-state index in [1.165, 1.54) is 12.7 Å². The Bertz CT molecular complexity index is 1240. The van der Waals surface area contributed by atoms with Crippen LogP contribution in [-0.4, -0.2) is 36.0 Å². The molecule has 0 saturated carbocycles. The van der Waals surface area contributed by atoms with Crippen LogP contribution in [-0.2, 0) is 6.18 Å². The number of benzene rings is 1. The van der Waals surface area contributed by atoms with Gasteiger partial charge in [-0.25, -0.2) is 19.9 Å². The molecule has 2 N–H and O–H groups in total. The van der Waals surface area contributed by atoms with Crippen LogP contribution in [0, 0.1) is 6.92 Å². The lowest BCUT2D eigenvalue weighted by atomic mass is 10.1. The largest absolute Gasteiger partial charge is 0.445 e. The summed E-state index contributed by atoms with van der Waals surface area (Å²) in [5, 5.41) is 10.4. The van der Waals surface area contributed by atoms with Crippen molar-refractivity contribution in [2.45, 2.75) is 13.1 Å². The van der Waals surface area contributed by atoms with Crippen LogP contribution in [0.1, 0.15) is 20.9 Å². The minimum atomic E-state index is -4.62. The molecule has 0 unspecified atom stereocenters. The van der Waals surface area contributed by atoms with E-state index in [-0.39, 0.29) is 22.0 Å². The number of hydrogen-bond acceptors (Lipinski definition) is 9. The lowest BCUT2D eigenvalue weighted by Crippen LogP contribution is -2.12. The van der Waals surface area contributed by atoms with Gasteiger partial charge >= 0.3 is 6.18 Å². The van der Waals surface area contributed by atoms with Crippen molar-refractivity contribution >= 4 is 44.9 Å². The predicted octanol–water partition coefficient (Wildman–Crippen LogP) is 3.59. The topological polar surface area (TPSA) is 118 Å². The zero-order chi connectivity index (χ0) is 21.3. The van der Waals surface area contributed by atoms with Gasteiger partial charge in [0, 0.05) is 11.3 Å². The molecule has 3 aromatic heterocycles. The highest BCUT2D eigenvalue weighted by atomic mass is 32.1. The third-order valence-corrected chi connectivity index (χ3v) is 4.83. The number of hydrogen-bond donors (Lipinski definition) is 2. The molecule has 0 saturated heterocycles. The van der Waals surface area contributed by atoms with Gasteiger partial charge in [0.1, 0.15) is 23.7 Å². The summed E-state index contributed by atoms with van der Waals surface area (Å²) in [6, 6.07) is 4.78. The fraction of sp³-hybridized carbons (Fsp3) is 0.118. The lowest BCUT2D eigenvalue weighted by molar-refractivity contribution is -0.138. The minimum absolute atomic E-state index is 0.208. The van der Waals surface area contributed by atoms with E-state index in [1.807, 2.05) is 6.92 Å². The molecule has 1 aromatic carbocycles. The fourth-order valence-corrected chi connectivity index (χ4v) is 3.09. The number of alkyl halides is 3. The van der Waals surface area contributed by atoms with Crippen LogP contribution in [0.2, 0.25) is 0 Å². The first-order chi connectivity index (χ1) is 14.3. The Morgan fingerprint density at radius 2 is 1.93 bits per heavy atom. The van der Waals surface area contributed by atoms with Gasteiger partial charge in [-0.05, 0) is 24.6 Å². The number of carbonyl (C=O) groups excluding carboxylic acids is 1. The summed E-state index contributed by atoms with van der Waals surface area (Å²) >= 11 is 0.248. The van der Waals surface area contributed by atoms with E-state index in [4.69, 9.17) is 0 Å². The van der Waals surface area contributed by atoms with Crippen LogP contribution in [0.25, 0.3) is 11.0 Å². The summed E-state index contributed by atoms with van der Waals surface area (Å²) in [5.41, 5.74) is 2.62. The molecule has 9 nitrogen and oxygen atoms in total. The van der Waals surface area contributed by atoms with E-state index in [0.717, 1.165) is 5.56 Å². The molecule has 13 heteroatoms. The molecule has 1 amide bonds. The Balaban J connectivity index is 1.58. The second-order valence-corrected chi connectivity index (χ2v) is 6.98. The van der Waals surface area contributed by atoms with Crippen molar-refractivity contribution in [1.82, 2.24) is 30.1 Å². The van der Waals surface area contributed by atoms with Gasteiger partial charge in [0.2, 0.25) is 10.1 Å². The number of halogens is 3. The zero-order valence-electron chi connectivity index (χ0n) is 15.1. The van der Waals surface area contributed by atoms with Crippen molar-refractivity contribution in [3.05, 3.63) is 53.2 Å². The molecule has 0 atom stereocenters. The second-order valence-electron chi connectivity index (χ2n) is 6.00. The summed E-state index contributed by atoms with van der Waals surface area (Å²) in [4.78, 5) is 28.8. The highest BCUT2D eigenvalue weighted by Gasteiger charge is 2.35. The van der Waals surface area contributed by atoms with Gasteiger partial charge in [-0.3, -0.25) is 10.1 Å². The zero-order valence-corrected chi connectivity index (χ0v) is 15.9. The second kappa shape index (κ2) is 7.59. The maximum Gasteiger partial charge on any atom is 0.445 e. The number of amides is 1. The molecular formula is C17H11F3N8OS. The summed E-state index contributed by atoms with van der Waals surface area (Å²) in [6.07, 6.45) is -0.354. The number of anilines is 3. The van der Waals surface area contributed by atoms with Crippen LogP contribution in [0.3, 0.4) is 0 Å². The smallest absolute Gasteiger partial charge is 0.338 e. The molecule has 0 aliphatic carbocycles. The Kier molecular flexibility index (Phi) is 4.95. The number of nitrogens with zero attached hydrogens (tertiary/aromatic N) is 6. The van der Waals surface area contributed by atoms with Crippen molar-refractivity contribution in [1.29, 1.82) is 0 Å². The molecule has 3 heterocycles. The molecular weight excluding hydrogens is 421 g/mol. The summed E-state index contributed by atoms with van der Waals surface area (Å²) in [6.45, 7) is 1.82. The maximum atomic E-state index is 12.6. The number of rotatable bonds is 4. The Hall–Kier alpha value is -3.74. The van der Waals surface area contributed by atoms with E-state index in [0.29, 0.717) is 22.5 Å². The molecule has 4 aromatic rings. The number of aryl methyl sites for hydroxylation is 1. The number of carbonyl (C=O) groups is 1. The van der Waals surface area contributed by atoms with Gasteiger partial charge in [-0.15, -0.1) is 10.2 Å². The summed E-state index contributed by atoms with van der Waals surface area (Å²) < 4.78 is 37.9. The highest BCUT2D eigenvalue weighted by molar-refractivity contribution is 7.15. The van der Waals surface area contributed by atoms with Gasteiger partial charge in [-0.1, -0.05) is 17.4 Å². The van der Waals surface area contributed by atoms with Gasteiger partial charge in [0.25, 0.3) is 5.91 Å². The van der Waals surface area contributed by atoms with Crippen LogP contribution in [0.5, 0.6) is 0 Å². The summed E-state index contributed by atoms with van der Waals surface area (Å²) in [7, 11) is 0. The molecule has 152 valence electrons. The highest BCUT2D eigenvalue weighted by Crippen LogP contribution is 2.33. The molecule has 0 aliphatic heterocycles.